The van der Waals surface area contributed by atoms with E-state index in [9.17, 15) is 9.59 Å². The summed E-state index contributed by atoms with van der Waals surface area (Å²) < 4.78 is 7.94. The van der Waals surface area contributed by atoms with Crippen molar-refractivity contribution in [2.24, 2.45) is 0 Å². The maximum absolute atomic E-state index is 13.2. The van der Waals surface area contributed by atoms with Crippen LogP contribution in [0.3, 0.4) is 0 Å². The van der Waals surface area contributed by atoms with Crippen LogP contribution in [0.25, 0.3) is 11.0 Å². The van der Waals surface area contributed by atoms with E-state index >= 15 is 0 Å². The summed E-state index contributed by atoms with van der Waals surface area (Å²) in [6, 6.07) is 14.4. The smallest absolute Gasteiger partial charge is 0.332 e. The van der Waals surface area contributed by atoms with Crippen LogP contribution in [0.2, 0.25) is 0 Å². The predicted octanol–water partition coefficient (Wildman–Crippen LogP) is 2.06. The Labute approximate surface area is 160 Å². The number of rotatable bonds is 5. The standard InChI is InChI=1S/C21H18N4O3/c1-28-17-8-6-15(7-9-17)13-25-20(26)19-18(5-3-11-23-19)24(21(25)27)14-16-4-2-10-22-12-16/h2-12H,13-14H2,1H3. The SMILES string of the molecule is COc1ccc(Cn2c(=O)c3ncccc3n(Cc3cccnc3)c2=O)cc1. The number of pyridine rings is 2. The third-order valence-corrected chi connectivity index (χ3v) is 4.55. The summed E-state index contributed by atoms with van der Waals surface area (Å²) >= 11 is 0. The average Bonchev–Trinajstić information content (AvgIpc) is 2.75. The fourth-order valence-corrected chi connectivity index (χ4v) is 3.12. The number of ether oxygens (including phenoxy) is 1. The molecule has 3 aromatic heterocycles. The molecule has 0 bridgehead atoms. The number of fused-ring (bicyclic) bond motifs is 1. The van der Waals surface area contributed by atoms with Crippen molar-refractivity contribution in [3.63, 3.8) is 0 Å². The molecule has 0 radical (unpaired) electrons. The first kappa shape index (κ1) is 17.7. The van der Waals surface area contributed by atoms with Gasteiger partial charge in [0.2, 0.25) is 0 Å². The van der Waals surface area contributed by atoms with Gasteiger partial charge in [-0.25, -0.2) is 9.78 Å². The molecule has 0 N–H and O–H groups in total. The molecular formula is C21H18N4O3. The number of methoxy groups -OCH3 is 1. The monoisotopic (exact) mass is 374 g/mol. The highest BCUT2D eigenvalue weighted by atomic mass is 16.5. The Hall–Kier alpha value is -3.74. The zero-order valence-electron chi connectivity index (χ0n) is 15.3. The molecule has 0 aliphatic heterocycles. The first-order valence-electron chi connectivity index (χ1n) is 8.77. The summed E-state index contributed by atoms with van der Waals surface area (Å²) in [5.41, 5.74) is 1.67. The van der Waals surface area contributed by atoms with Crippen molar-refractivity contribution in [3.8, 4) is 5.75 Å². The summed E-state index contributed by atoms with van der Waals surface area (Å²) in [6.07, 6.45) is 4.93. The van der Waals surface area contributed by atoms with Gasteiger partial charge < -0.3 is 4.74 Å². The van der Waals surface area contributed by atoms with Gasteiger partial charge in [-0.1, -0.05) is 18.2 Å². The number of benzene rings is 1. The third kappa shape index (κ3) is 3.29. The Bertz CT molecular complexity index is 1230. The van der Waals surface area contributed by atoms with E-state index in [4.69, 9.17) is 4.74 Å². The van der Waals surface area contributed by atoms with Crippen LogP contribution in [0.5, 0.6) is 5.75 Å². The van der Waals surface area contributed by atoms with Crippen LogP contribution in [0.1, 0.15) is 11.1 Å². The Balaban J connectivity index is 1.86. The Kier molecular flexibility index (Phi) is 4.72. The number of nitrogens with zero attached hydrogens (tertiary/aromatic N) is 4. The largest absolute Gasteiger partial charge is 0.497 e. The molecule has 0 fully saturated rings. The average molecular weight is 374 g/mol. The van der Waals surface area contributed by atoms with Crippen molar-refractivity contribution in [2.45, 2.75) is 13.1 Å². The molecule has 0 saturated heterocycles. The van der Waals surface area contributed by atoms with Crippen LogP contribution in [0, 0.1) is 0 Å². The van der Waals surface area contributed by atoms with E-state index < -0.39 is 5.56 Å². The lowest BCUT2D eigenvalue weighted by Gasteiger charge is -2.14. The van der Waals surface area contributed by atoms with Gasteiger partial charge in [0.1, 0.15) is 5.75 Å². The van der Waals surface area contributed by atoms with E-state index in [0.717, 1.165) is 11.1 Å². The molecule has 28 heavy (non-hydrogen) atoms. The van der Waals surface area contributed by atoms with Crippen molar-refractivity contribution in [1.29, 1.82) is 0 Å². The quantitative estimate of drug-likeness (QED) is 0.534. The molecule has 0 unspecified atom stereocenters. The summed E-state index contributed by atoms with van der Waals surface area (Å²) in [6.45, 7) is 0.457. The van der Waals surface area contributed by atoms with E-state index in [1.807, 2.05) is 24.3 Å². The highest BCUT2D eigenvalue weighted by molar-refractivity contribution is 5.73. The van der Waals surface area contributed by atoms with Crippen molar-refractivity contribution in [2.75, 3.05) is 7.11 Å². The van der Waals surface area contributed by atoms with Crippen LogP contribution < -0.4 is 16.0 Å². The molecule has 0 atom stereocenters. The van der Waals surface area contributed by atoms with Crippen LogP contribution in [-0.4, -0.2) is 26.2 Å². The van der Waals surface area contributed by atoms with E-state index in [2.05, 4.69) is 9.97 Å². The molecule has 0 amide bonds. The number of aromatic nitrogens is 4. The number of hydrogen-bond donors (Lipinski definition) is 0. The van der Waals surface area contributed by atoms with Crippen molar-refractivity contribution in [1.82, 2.24) is 19.1 Å². The maximum atomic E-state index is 13.2. The van der Waals surface area contributed by atoms with Gasteiger partial charge in [-0.3, -0.25) is 18.9 Å². The molecule has 7 heteroatoms. The molecule has 7 nitrogen and oxygen atoms in total. The molecule has 140 valence electrons. The van der Waals surface area contributed by atoms with Gasteiger partial charge in [-0.15, -0.1) is 0 Å². The second kappa shape index (κ2) is 7.48. The zero-order chi connectivity index (χ0) is 19.5. The lowest BCUT2D eigenvalue weighted by atomic mass is 10.2. The Morgan fingerprint density at radius 2 is 1.64 bits per heavy atom. The van der Waals surface area contributed by atoms with E-state index in [-0.39, 0.29) is 17.8 Å². The van der Waals surface area contributed by atoms with E-state index in [0.29, 0.717) is 17.8 Å². The van der Waals surface area contributed by atoms with Crippen LogP contribution in [-0.2, 0) is 13.1 Å². The minimum absolute atomic E-state index is 0.154. The van der Waals surface area contributed by atoms with Crippen LogP contribution in [0.4, 0.5) is 0 Å². The summed E-state index contributed by atoms with van der Waals surface area (Å²) in [4.78, 5) is 34.4. The second-order valence-corrected chi connectivity index (χ2v) is 6.34. The van der Waals surface area contributed by atoms with Gasteiger partial charge in [0, 0.05) is 18.6 Å². The Morgan fingerprint density at radius 3 is 2.36 bits per heavy atom. The van der Waals surface area contributed by atoms with Crippen molar-refractivity contribution >= 4 is 11.0 Å². The fraction of sp³-hybridized carbons (Fsp3) is 0.143. The van der Waals surface area contributed by atoms with Crippen molar-refractivity contribution < 1.29 is 4.74 Å². The highest BCUT2D eigenvalue weighted by Gasteiger charge is 2.14. The summed E-state index contributed by atoms with van der Waals surface area (Å²) in [7, 11) is 1.59. The maximum Gasteiger partial charge on any atom is 0.332 e. The lowest BCUT2D eigenvalue weighted by Crippen LogP contribution is -2.40. The van der Waals surface area contributed by atoms with Crippen molar-refractivity contribution in [3.05, 3.63) is 99.1 Å². The molecule has 4 rings (SSSR count). The van der Waals surface area contributed by atoms with Gasteiger partial charge >= 0.3 is 5.69 Å². The molecule has 0 aliphatic rings. The normalized spacial score (nSPS) is 10.9. The molecule has 3 heterocycles. The molecule has 4 aromatic rings. The number of hydrogen-bond acceptors (Lipinski definition) is 5. The van der Waals surface area contributed by atoms with Gasteiger partial charge in [0.15, 0.2) is 5.52 Å². The lowest BCUT2D eigenvalue weighted by molar-refractivity contribution is 0.414. The molecule has 0 spiro atoms. The van der Waals surface area contributed by atoms with Gasteiger partial charge in [-0.2, -0.15) is 0 Å². The van der Waals surface area contributed by atoms with E-state index in [1.54, 1.807) is 54.5 Å². The van der Waals surface area contributed by atoms with Gasteiger partial charge in [-0.05, 0) is 41.5 Å². The minimum atomic E-state index is -0.404. The summed E-state index contributed by atoms with van der Waals surface area (Å²) in [5.74, 6) is 0.713. The van der Waals surface area contributed by atoms with Crippen LogP contribution >= 0.6 is 0 Å². The third-order valence-electron chi connectivity index (χ3n) is 4.55. The fourth-order valence-electron chi connectivity index (χ4n) is 3.12. The first-order chi connectivity index (χ1) is 13.7. The first-order valence-corrected chi connectivity index (χ1v) is 8.77. The van der Waals surface area contributed by atoms with E-state index in [1.165, 1.54) is 4.57 Å². The Morgan fingerprint density at radius 1 is 0.893 bits per heavy atom. The highest BCUT2D eigenvalue weighted by Crippen LogP contribution is 2.12. The van der Waals surface area contributed by atoms with Gasteiger partial charge in [0.25, 0.3) is 5.56 Å². The molecular weight excluding hydrogens is 356 g/mol. The predicted molar refractivity (Wildman–Crippen MR) is 106 cm³/mol. The van der Waals surface area contributed by atoms with Crippen LogP contribution in [0.15, 0.2) is 76.7 Å². The zero-order valence-corrected chi connectivity index (χ0v) is 15.3. The van der Waals surface area contributed by atoms with Gasteiger partial charge in [0.05, 0.1) is 25.7 Å². The minimum Gasteiger partial charge on any atom is -0.497 e. The second-order valence-electron chi connectivity index (χ2n) is 6.34. The summed E-state index contributed by atoms with van der Waals surface area (Å²) in [5, 5.41) is 0. The molecule has 0 aliphatic carbocycles. The molecule has 1 aromatic carbocycles. The topological polar surface area (TPSA) is 79.0 Å². The molecule has 0 saturated carbocycles.